The topological polar surface area (TPSA) is 115 Å². The first-order valence-corrected chi connectivity index (χ1v) is 8.36. The van der Waals surface area contributed by atoms with E-state index in [9.17, 15) is 19.3 Å². The highest BCUT2D eigenvalue weighted by molar-refractivity contribution is 5.67. The van der Waals surface area contributed by atoms with Crippen LogP contribution in [0.25, 0.3) is 0 Å². The van der Waals surface area contributed by atoms with Gasteiger partial charge in [0.25, 0.3) is 0 Å². The number of hydrogen-bond donors (Lipinski definition) is 2. The van der Waals surface area contributed by atoms with Crippen LogP contribution < -0.4 is 15.8 Å². The van der Waals surface area contributed by atoms with Crippen molar-refractivity contribution in [2.24, 2.45) is 7.05 Å². The molecular formula is C15H25FN6O4. The molecule has 26 heavy (non-hydrogen) atoms. The minimum Gasteiger partial charge on any atom is -0.443 e. The van der Waals surface area contributed by atoms with Gasteiger partial charge < -0.3 is 9.64 Å². The molecule has 2 unspecified atom stereocenters. The zero-order chi connectivity index (χ0) is 19.5. The van der Waals surface area contributed by atoms with Gasteiger partial charge in [0.15, 0.2) is 0 Å². The molecule has 2 N–H and O–H groups in total. The zero-order valence-electron chi connectivity index (χ0n) is 15.4. The number of nitrogens with one attached hydrogen (secondary N) is 2. The second-order valence-corrected chi connectivity index (χ2v) is 7.27. The highest BCUT2D eigenvalue weighted by Crippen LogP contribution is 2.29. The highest BCUT2D eigenvalue weighted by atomic mass is 19.1. The number of anilines is 1. The fraction of sp³-hybridized carbons (Fsp3) is 0.733. The van der Waals surface area contributed by atoms with Crippen molar-refractivity contribution in [3.8, 4) is 0 Å². The fourth-order valence-electron chi connectivity index (χ4n) is 2.85. The number of halogens is 1. The van der Waals surface area contributed by atoms with Gasteiger partial charge in [0.2, 0.25) is 5.82 Å². The van der Waals surface area contributed by atoms with Gasteiger partial charge in [0.05, 0.1) is 11.5 Å². The number of aryl methyl sites for hydroxylation is 1. The van der Waals surface area contributed by atoms with E-state index in [1.165, 1.54) is 4.68 Å². The lowest BCUT2D eigenvalue weighted by atomic mass is 10.1. The number of carbonyl (C=O) groups excluding carboxylic acids is 1. The maximum Gasteiger partial charge on any atom is 0.422 e. The Kier molecular flexibility index (Phi) is 6.01. The summed E-state index contributed by atoms with van der Waals surface area (Å²) in [6, 6.07) is -0.324. The van der Waals surface area contributed by atoms with E-state index in [1.54, 1.807) is 32.7 Å². The van der Waals surface area contributed by atoms with Crippen LogP contribution in [0.4, 0.5) is 20.7 Å². The van der Waals surface area contributed by atoms with Gasteiger partial charge in [-0.1, -0.05) is 0 Å². The number of ether oxygens (including phenoxy) is 1. The molecule has 0 aromatic carbocycles. The number of nitrogens with zero attached hydrogens (tertiary/aromatic N) is 4. The Hall–Kier alpha value is -2.43. The Balaban J connectivity index is 1.99. The van der Waals surface area contributed by atoms with Crippen LogP contribution in [0.15, 0.2) is 6.20 Å². The number of rotatable bonds is 4. The van der Waals surface area contributed by atoms with Gasteiger partial charge >= 0.3 is 11.8 Å². The molecule has 1 amide bonds. The summed E-state index contributed by atoms with van der Waals surface area (Å²) in [6.07, 6.45) is -0.0507. The third-order valence-electron chi connectivity index (χ3n) is 3.87. The second-order valence-electron chi connectivity index (χ2n) is 7.27. The minimum absolute atomic E-state index is 0.0188. The molecule has 2 atom stereocenters. The summed E-state index contributed by atoms with van der Waals surface area (Å²) in [6.45, 7) is 5.64. The number of alkyl halides is 1. The molecule has 1 fully saturated rings. The van der Waals surface area contributed by atoms with Crippen molar-refractivity contribution in [2.45, 2.75) is 51.4 Å². The summed E-state index contributed by atoms with van der Waals surface area (Å²) < 4.78 is 20.9. The molecule has 0 bridgehead atoms. The summed E-state index contributed by atoms with van der Waals surface area (Å²) in [7, 11) is 1.58. The van der Waals surface area contributed by atoms with Crippen LogP contribution in [0.3, 0.4) is 0 Å². The highest BCUT2D eigenvalue weighted by Gasteiger charge is 2.31. The molecule has 0 saturated carbocycles. The molecule has 146 valence electrons. The monoisotopic (exact) mass is 372 g/mol. The van der Waals surface area contributed by atoms with Gasteiger partial charge in [-0.25, -0.2) is 19.3 Å². The first-order chi connectivity index (χ1) is 12.1. The van der Waals surface area contributed by atoms with E-state index in [0.29, 0.717) is 13.0 Å². The van der Waals surface area contributed by atoms with Crippen LogP contribution in [0, 0.1) is 10.1 Å². The van der Waals surface area contributed by atoms with Crippen molar-refractivity contribution >= 4 is 17.6 Å². The standard InChI is InChI=1S/C15H25FN6O4/c1-15(2,3)26-14(23)19-18-11-5-6-21(9-10(16)7-11)13-12(22(24)25)8-17-20(13)4/h8,10-11,18H,5-7,9H2,1-4H3,(H,19,23). The lowest BCUT2D eigenvalue weighted by molar-refractivity contribution is -0.384. The molecule has 11 heteroatoms. The van der Waals surface area contributed by atoms with Gasteiger partial charge in [-0.05, 0) is 33.6 Å². The Morgan fingerprint density at radius 1 is 1.50 bits per heavy atom. The molecule has 0 radical (unpaired) electrons. The third-order valence-corrected chi connectivity index (χ3v) is 3.87. The average Bonchev–Trinajstić information content (AvgIpc) is 2.78. The smallest absolute Gasteiger partial charge is 0.422 e. The molecule has 1 aliphatic heterocycles. The van der Waals surface area contributed by atoms with Crippen LogP contribution in [0.1, 0.15) is 33.6 Å². The van der Waals surface area contributed by atoms with Gasteiger partial charge in [0, 0.05) is 19.6 Å². The van der Waals surface area contributed by atoms with Crippen molar-refractivity contribution in [3.05, 3.63) is 16.3 Å². The fourth-order valence-corrected chi connectivity index (χ4v) is 2.85. The summed E-state index contributed by atoms with van der Waals surface area (Å²) in [5.41, 5.74) is 4.42. The predicted molar refractivity (Wildman–Crippen MR) is 92.5 cm³/mol. The van der Waals surface area contributed by atoms with E-state index in [-0.39, 0.29) is 30.5 Å². The van der Waals surface area contributed by atoms with Crippen molar-refractivity contribution in [1.82, 2.24) is 20.6 Å². The zero-order valence-corrected chi connectivity index (χ0v) is 15.4. The molecule has 1 aromatic rings. The van der Waals surface area contributed by atoms with Gasteiger partial charge in [0.1, 0.15) is 18.0 Å². The van der Waals surface area contributed by atoms with Gasteiger partial charge in [-0.2, -0.15) is 5.10 Å². The molecule has 1 aromatic heterocycles. The summed E-state index contributed by atoms with van der Waals surface area (Å²) in [4.78, 5) is 23.9. The summed E-state index contributed by atoms with van der Waals surface area (Å²) >= 11 is 0. The molecule has 10 nitrogen and oxygen atoms in total. The van der Waals surface area contributed by atoms with Gasteiger partial charge in [-0.15, -0.1) is 0 Å². The van der Waals surface area contributed by atoms with Crippen LogP contribution >= 0.6 is 0 Å². The molecule has 1 aliphatic rings. The van der Waals surface area contributed by atoms with Crippen molar-refractivity contribution in [2.75, 3.05) is 18.0 Å². The average molecular weight is 372 g/mol. The van der Waals surface area contributed by atoms with Crippen molar-refractivity contribution < 1.29 is 18.8 Å². The Bertz CT molecular complexity index is 659. The second kappa shape index (κ2) is 7.85. The number of carbonyl (C=O) groups is 1. The maximum atomic E-state index is 14.4. The number of hydrogen-bond acceptors (Lipinski definition) is 7. The van der Waals surface area contributed by atoms with E-state index < -0.39 is 22.8 Å². The van der Waals surface area contributed by atoms with Crippen LogP contribution in [0.5, 0.6) is 0 Å². The molecule has 2 rings (SSSR count). The predicted octanol–water partition coefficient (Wildman–Crippen LogP) is 1.66. The Morgan fingerprint density at radius 3 is 2.81 bits per heavy atom. The first kappa shape index (κ1) is 19.9. The normalized spacial score (nSPS) is 21.2. The minimum atomic E-state index is -1.22. The summed E-state index contributed by atoms with van der Waals surface area (Å²) in [5, 5.41) is 15.1. The van der Waals surface area contributed by atoms with Crippen molar-refractivity contribution in [1.29, 1.82) is 0 Å². The van der Waals surface area contributed by atoms with E-state index in [1.807, 2.05) is 0 Å². The van der Waals surface area contributed by atoms with E-state index >= 15 is 0 Å². The molecule has 0 aliphatic carbocycles. The number of aromatic nitrogens is 2. The third kappa shape index (κ3) is 5.28. The summed E-state index contributed by atoms with van der Waals surface area (Å²) in [5.74, 6) is 0.276. The Labute approximate surface area is 150 Å². The number of nitro groups is 1. The lowest BCUT2D eigenvalue weighted by Crippen LogP contribution is -2.47. The molecule has 2 heterocycles. The molecule has 1 saturated heterocycles. The molecular weight excluding hydrogens is 347 g/mol. The first-order valence-electron chi connectivity index (χ1n) is 8.36. The molecule has 0 spiro atoms. The van der Waals surface area contributed by atoms with E-state index in [4.69, 9.17) is 4.74 Å². The number of hydrazine groups is 1. The van der Waals surface area contributed by atoms with E-state index in [0.717, 1.165) is 6.20 Å². The van der Waals surface area contributed by atoms with Crippen LogP contribution in [-0.4, -0.2) is 51.7 Å². The maximum absolute atomic E-state index is 14.4. The van der Waals surface area contributed by atoms with Crippen molar-refractivity contribution in [3.63, 3.8) is 0 Å². The van der Waals surface area contributed by atoms with Crippen LogP contribution in [0.2, 0.25) is 0 Å². The van der Waals surface area contributed by atoms with Crippen LogP contribution in [-0.2, 0) is 11.8 Å². The quantitative estimate of drug-likeness (QED) is 0.610. The largest absolute Gasteiger partial charge is 0.443 e. The lowest BCUT2D eigenvalue weighted by Gasteiger charge is -2.23. The Morgan fingerprint density at radius 2 is 2.19 bits per heavy atom. The number of amides is 1. The van der Waals surface area contributed by atoms with E-state index in [2.05, 4.69) is 16.0 Å². The SMILES string of the molecule is Cn1ncc([N+](=O)[O-])c1N1CCC(NNC(=O)OC(C)(C)C)CC(F)C1. The van der Waals surface area contributed by atoms with Gasteiger partial charge in [-0.3, -0.25) is 15.5 Å².